The number of nitro benzene ring substituents is 1. The zero-order chi connectivity index (χ0) is 12.5. The molecule has 0 aliphatic rings. The van der Waals surface area contributed by atoms with Crippen LogP contribution in [0, 0.1) is 10.1 Å². The van der Waals surface area contributed by atoms with Gasteiger partial charge in [0.2, 0.25) is 0 Å². The van der Waals surface area contributed by atoms with Gasteiger partial charge in [-0.1, -0.05) is 0 Å². The van der Waals surface area contributed by atoms with Gasteiger partial charge in [0.1, 0.15) is 9.37 Å². The predicted octanol–water partition coefficient (Wildman–Crippen LogP) is 2.29. The lowest BCUT2D eigenvalue weighted by Crippen LogP contribution is -1.99. The van der Waals surface area contributed by atoms with Crippen LogP contribution in [0.2, 0.25) is 0 Å². The van der Waals surface area contributed by atoms with E-state index < -0.39 is 19.7 Å². The highest BCUT2D eigenvalue weighted by Gasteiger charge is 2.27. The maximum atomic E-state index is 11.1. The Morgan fingerprint density at radius 3 is 2.44 bits per heavy atom. The summed E-state index contributed by atoms with van der Waals surface area (Å²) in [5, 5.41) is 10.7. The van der Waals surface area contributed by atoms with Crippen LogP contribution in [0.4, 0.5) is 5.69 Å². The predicted molar refractivity (Wildman–Crippen MR) is 60.4 cm³/mol. The molecule has 0 aliphatic carbocycles. The second-order valence-electron chi connectivity index (χ2n) is 2.62. The molecule has 1 aromatic carbocycles. The Labute approximate surface area is 104 Å². The van der Waals surface area contributed by atoms with E-state index in [9.17, 15) is 18.5 Å². The second-order valence-corrected chi connectivity index (χ2v) is 5.95. The van der Waals surface area contributed by atoms with E-state index in [1.54, 1.807) is 0 Å². The third-order valence-corrected chi connectivity index (χ3v) is 4.14. The van der Waals surface area contributed by atoms with Crippen LogP contribution in [0.25, 0.3) is 0 Å². The third kappa shape index (κ3) is 2.45. The molecule has 0 aromatic heterocycles. The number of halogens is 2. The summed E-state index contributed by atoms with van der Waals surface area (Å²) in [6.07, 6.45) is 0. The summed E-state index contributed by atoms with van der Waals surface area (Å²) < 4.78 is 26.7. The molecule has 9 heteroatoms. The van der Waals surface area contributed by atoms with Gasteiger partial charge in [0.05, 0.1) is 12.0 Å². The van der Waals surface area contributed by atoms with E-state index in [4.69, 9.17) is 15.4 Å². The van der Waals surface area contributed by atoms with Gasteiger partial charge in [-0.3, -0.25) is 10.1 Å². The summed E-state index contributed by atoms with van der Waals surface area (Å²) in [6.45, 7) is 0. The first kappa shape index (κ1) is 13.2. The monoisotopic (exact) mass is 329 g/mol. The minimum Gasteiger partial charge on any atom is -0.490 e. The molecule has 88 valence electrons. The Bertz CT molecular complexity index is 544. The molecule has 0 bridgehead atoms. The molecule has 0 saturated carbocycles. The van der Waals surface area contributed by atoms with E-state index in [2.05, 4.69) is 15.9 Å². The fourth-order valence-corrected chi connectivity index (χ4v) is 3.37. The maximum absolute atomic E-state index is 11.1. The van der Waals surface area contributed by atoms with Crippen molar-refractivity contribution in [1.82, 2.24) is 0 Å². The van der Waals surface area contributed by atoms with Gasteiger partial charge >= 0.3 is 5.69 Å². The smallest absolute Gasteiger partial charge is 0.326 e. The molecule has 0 aliphatic heterocycles. The number of hydrogen-bond donors (Lipinski definition) is 0. The van der Waals surface area contributed by atoms with Crippen molar-refractivity contribution in [3.63, 3.8) is 0 Å². The summed E-state index contributed by atoms with van der Waals surface area (Å²) >= 11 is 2.82. The maximum Gasteiger partial charge on any atom is 0.326 e. The number of methoxy groups -OCH3 is 1. The number of ether oxygens (including phenoxy) is 1. The van der Waals surface area contributed by atoms with Gasteiger partial charge in [0, 0.05) is 10.7 Å². The summed E-state index contributed by atoms with van der Waals surface area (Å²) in [7, 11) is 2.31. The summed E-state index contributed by atoms with van der Waals surface area (Å²) in [5.41, 5.74) is -0.482. The largest absolute Gasteiger partial charge is 0.490 e. The van der Waals surface area contributed by atoms with Crippen LogP contribution in [-0.4, -0.2) is 20.5 Å². The quantitative estimate of drug-likeness (QED) is 0.482. The Morgan fingerprint density at radius 2 is 2.06 bits per heavy atom. The molecule has 0 spiro atoms. The topological polar surface area (TPSA) is 86.5 Å². The van der Waals surface area contributed by atoms with Crippen LogP contribution in [0.1, 0.15) is 0 Å². The SMILES string of the molecule is COc1ccc(S(=O)(=O)Cl)c(Br)c1[N+](=O)[O-]. The molecule has 1 aromatic rings. The molecule has 0 amide bonds. The van der Waals surface area contributed by atoms with Crippen LogP contribution in [0.3, 0.4) is 0 Å². The van der Waals surface area contributed by atoms with Crippen molar-refractivity contribution in [2.24, 2.45) is 0 Å². The van der Waals surface area contributed by atoms with Crippen LogP contribution in [0.15, 0.2) is 21.5 Å². The van der Waals surface area contributed by atoms with Crippen molar-refractivity contribution in [3.05, 3.63) is 26.7 Å². The molecule has 0 fully saturated rings. The van der Waals surface area contributed by atoms with Crippen molar-refractivity contribution in [3.8, 4) is 5.75 Å². The Balaban J connectivity index is 3.63. The van der Waals surface area contributed by atoms with E-state index in [-0.39, 0.29) is 15.1 Å². The van der Waals surface area contributed by atoms with Crippen molar-refractivity contribution in [2.75, 3.05) is 7.11 Å². The molecular weight excluding hydrogens is 326 g/mol. The summed E-state index contributed by atoms with van der Waals surface area (Å²) in [6, 6.07) is 2.29. The fraction of sp³-hybridized carbons (Fsp3) is 0.143. The minimum atomic E-state index is -4.05. The van der Waals surface area contributed by atoms with Crippen LogP contribution >= 0.6 is 26.6 Å². The van der Waals surface area contributed by atoms with Gasteiger partial charge in [-0.2, -0.15) is 0 Å². The van der Waals surface area contributed by atoms with Crippen LogP contribution in [-0.2, 0) is 9.05 Å². The molecule has 6 nitrogen and oxygen atoms in total. The van der Waals surface area contributed by atoms with Gasteiger partial charge in [-0.05, 0) is 28.1 Å². The van der Waals surface area contributed by atoms with Gasteiger partial charge < -0.3 is 4.74 Å². The highest BCUT2D eigenvalue weighted by atomic mass is 79.9. The lowest BCUT2D eigenvalue weighted by molar-refractivity contribution is -0.386. The van der Waals surface area contributed by atoms with Crippen LogP contribution < -0.4 is 4.74 Å². The zero-order valence-electron chi connectivity index (χ0n) is 7.81. The average Bonchev–Trinajstić information content (AvgIpc) is 2.14. The molecule has 0 N–H and O–H groups in total. The highest BCUT2D eigenvalue weighted by Crippen LogP contribution is 2.39. The first-order valence-electron chi connectivity index (χ1n) is 3.74. The molecule has 0 radical (unpaired) electrons. The number of nitrogens with zero attached hydrogens (tertiary/aromatic N) is 1. The number of benzene rings is 1. The molecule has 0 saturated heterocycles. The fourth-order valence-electron chi connectivity index (χ4n) is 1.05. The normalized spacial score (nSPS) is 11.2. The van der Waals surface area contributed by atoms with Gasteiger partial charge in [-0.15, -0.1) is 0 Å². The first-order chi connectivity index (χ1) is 7.29. The Kier molecular flexibility index (Phi) is 3.76. The van der Waals surface area contributed by atoms with Crippen LogP contribution in [0.5, 0.6) is 5.75 Å². The second kappa shape index (κ2) is 4.56. The van der Waals surface area contributed by atoms with Gasteiger partial charge in [-0.25, -0.2) is 8.42 Å². The summed E-state index contributed by atoms with van der Waals surface area (Å²) in [5.74, 6) is -0.0547. The van der Waals surface area contributed by atoms with E-state index in [1.807, 2.05) is 0 Å². The molecule has 16 heavy (non-hydrogen) atoms. The van der Waals surface area contributed by atoms with Crippen molar-refractivity contribution in [1.29, 1.82) is 0 Å². The first-order valence-corrected chi connectivity index (χ1v) is 6.84. The number of hydrogen-bond acceptors (Lipinski definition) is 5. The summed E-state index contributed by atoms with van der Waals surface area (Å²) in [4.78, 5) is 9.61. The standard InChI is InChI=1S/C7H5BrClNO5S/c1-15-4-2-3-5(16(9,13)14)6(8)7(4)10(11)12/h2-3H,1H3. The lowest BCUT2D eigenvalue weighted by Gasteiger charge is -2.05. The van der Waals surface area contributed by atoms with Crippen molar-refractivity contribution in [2.45, 2.75) is 4.90 Å². The Morgan fingerprint density at radius 1 is 1.50 bits per heavy atom. The molecule has 0 unspecified atom stereocenters. The molecule has 0 heterocycles. The number of nitro groups is 1. The van der Waals surface area contributed by atoms with Gasteiger partial charge in [0.15, 0.2) is 5.75 Å². The van der Waals surface area contributed by atoms with E-state index in [0.717, 1.165) is 12.1 Å². The van der Waals surface area contributed by atoms with Crippen molar-refractivity contribution < 1.29 is 18.1 Å². The highest BCUT2D eigenvalue weighted by molar-refractivity contribution is 9.10. The minimum absolute atomic E-state index is 0.0547. The van der Waals surface area contributed by atoms with E-state index in [0.29, 0.717) is 0 Å². The Hall–Kier alpha value is -0.860. The zero-order valence-corrected chi connectivity index (χ0v) is 11.0. The molecule has 1 rings (SSSR count). The van der Waals surface area contributed by atoms with E-state index in [1.165, 1.54) is 7.11 Å². The van der Waals surface area contributed by atoms with E-state index >= 15 is 0 Å². The molecule has 0 atom stereocenters. The lowest BCUT2D eigenvalue weighted by atomic mass is 10.3. The number of rotatable bonds is 3. The molecular formula is C7H5BrClNO5S. The van der Waals surface area contributed by atoms with Gasteiger partial charge in [0.25, 0.3) is 9.05 Å². The average molecular weight is 331 g/mol. The third-order valence-electron chi connectivity index (χ3n) is 1.71. The van der Waals surface area contributed by atoms with Crippen molar-refractivity contribution >= 4 is 41.4 Å².